The van der Waals surface area contributed by atoms with E-state index in [0.29, 0.717) is 32.5 Å². The van der Waals surface area contributed by atoms with E-state index in [4.69, 9.17) is 9.47 Å². The van der Waals surface area contributed by atoms with Crippen LogP contribution in [0.25, 0.3) is 0 Å². The maximum atomic E-state index is 12.6. The molecule has 2 amide bonds. The van der Waals surface area contributed by atoms with Gasteiger partial charge in [0.05, 0.1) is 0 Å². The number of hydrogen-bond acceptors (Lipinski definition) is 4. The van der Waals surface area contributed by atoms with Gasteiger partial charge < -0.3 is 19.7 Å². The highest BCUT2D eigenvalue weighted by molar-refractivity contribution is 5.92. The first-order chi connectivity index (χ1) is 14.2. The first-order valence-electron chi connectivity index (χ1n) is 10.2. The number of anilines is 1. The van der Waals surface area contributed by atoms with Crippen molar-refractivity contribution in [2.24, 2.45) is 5.92 Å². The number of para-hydroxylation sites is 1. The van der Waals surface area contributed by atoms with Crippen LogP contribution in [0.1, 0.15) is 25.7 Å². The van der Waals surface area contributed by atoms with E-state index in [-0.39, 0.29) is 23.8 Å². The van der Waals surface area contributed by atoms with Crippen molar-refractivity contribution in [2.45, 2.75) is 31.8 Å². The largest absolute Gasteiger partial charge is 0.457 e. The Morgan fingerprint density at radius 2 is 1.62 bits per heavy atom. The fourth-order valence-electron chi connectivity index (χ4n) is 3.81. The van der Waals surface area contributed by atoms with E-state index in [2.05, 4.69) is 5.32 Å². The van der Waals surface area contributed by atoms with Gasteiger partial charge in [0.2, 0.25) is 5.91 Å². The Labute approximate surface area is 170 Å². The number of amides is 2. The summed E-state index contributed by atoms with van der Waals surface area (Å²) in [5, 5.41) is 2.98. The van der Waals surface area contributed by atoms with Gasteiger partial charge in [0.1, 0.15) is 17.6 Å². The van der Waals surface area contributed by atoms with Crippen molar-refractivity contribution >= 4 is 17.5 Å². The number of rotatable bonds is 5. The van der Waals surface area contributed by atoms with E-state index in [1.165, 1.54) is 0 Å². The van der Waals surface area contributed by atoms with Crippen LogP contribution in [-0.4, -0.2) is 42.5 Å². The Balaban J connectivity index is 1.26. The zero-order valence-corrected chi connectivity index (χ0v) is 16.4. The fourth-order valence-corrected chi connectivity index (χ4v) is 3.81. The molecule has 1 unspecified atom stereocenters. The van der Waals surface area contributed by atoms with Crippen LogP contribution in [-0.2, 0) is 14.3 Å². The minimum absolute atomic E-state index is 0.00550. The van der Waals surface area contributed by atoms with Crippen molar-refractivity contribution < 1.29 is 19.1 Å². The van der Waals surface area contributed by atoms with Crippen LogP contribution >= 0.6 is 0 Å². The average molecular weight is 394 g/mol. The molecule has 2 aliphatic heterocycles. The number of nitrogens with one attached hydrogen (secondary N) is 1. The van der Waals surface area contributed by atoms with E-state index in [1.807, 2.05) is 59.5 Å². The number of ether oxygens (including phenoxy) is 2. The van der Waals surface area contributed by atoms with Gasteiger partial charge >= 0.3 is 0 Å². The third-order valence-electron chi connectivity index (χ3n) is 5.48. The van der Waals surface area contributed by atoms with Gasteiger partial charge in [-0.05, 0) is 62.1 Å². The zero-order valence-electron chi connectivity index (χ0n) is 16.4. The third kappa shape index (κ3) is 4.95. The lowest BCUT2D eigenvalue weighted by molar-refractivity contribution is -0.143. The lowest BCUT2D eigenvalue weighted by atomic mass is 9.95. The normalized spacial score (nSPS) is 19.7. The van der Waals surface area contributed by atoms with Gasteiger partial charge in [-0.3, -0.25) is 9.59 Å². The summed E-state index contributed by atoms with van der Waals surface area (Å²) < 4.78 is 11.3. The van der Waals surface area contributed by atoms with Crippen LogP contribution in [0.15, 0.2) is 54.6 Å². The molecule has 2 aromatic carbocycles. The summed E-state index contributed by atoms with van der Waals surface area (Å²) in [5.41, 5.74) is 0.744. The Bertz CT molecular complexity index is 824. The van der Waals surface area contributed by atoms with E-state index in [0.717, 1.165) is 30.0 Å². The van der Waals surface area contributed by atoms with Crippen LogP contribution in [0.5, 0.6) is 11.5 Å². The molecule has 6 nitrogen and oxygen atoms in total. The van der Waals surface area contributed by atoms with Crippen LogP contribution in [0.4, 0.5) is 5.69 Å². The Morgan fingerprint density at radius 1 is 0.931 bits per heavy atom. The molecule has 6 heteroatoms. The molecule has 1 N–H and O–H groups in total. The Morgan fingerprint density at radius 3 is 2.28 bits per heavy atom. The molecule has 2 fully saturated rings. The second-order valence-electron chi connectivity index (χ2n) is 7.53. The predicted octanol–water partition coefficient (Wildman–Crippen LogP) is 3.84. The highest BCUT2D eigenvalue weighted by Gasteiger charge is 2.32. The number of carbonyl (C=O) groups excluding carboxylic acids is 2. The fraction of sp³-hybridized carbons (Fsp3) is 0.391. The standard InChI is InChI=1S/C23H26N2O4/c26-22(17-12-14-25(15-13-17)23(27)21-7-4-16-28-21)24-18-8-10-20(11-9-18)29-19-5-2-1-3-6-19/h1-3,5-6,8-11,17,21H,4,7,12-16H2,(H,24,26). The molecule has 2 saturated heterocycles. The number of likely N-dealkylation sites (tertiary alicyclic amines) is 1. The molecule has 1 atom stereocenters. The third-order valence-corrected chi connectivity index (χ3v) is 5.48. The number of benzene rings is 2. The molecule has 0 aromatic heterocycles. The molecule has 0 bridgehead atoms. The summed E-state index contributed by atoms with van der Waals surface area (Å²) in [7, 11) is 0. The van der Waals surface area contributed by atoms with Crippen LogP contribution in [0.3, 0.4) is 0 Å². The average Bonchev–Trinajstić information content (AvgIpc) is 3.30. The number of hydrogen-bond donors (Lipinski definition) is 1. The van der Waals surface area contributed by atoms with Gasteiger partial charge in [0.15, 0.2) is 0 Å². The highest BCUT2D eigenvalue weighted by atomic mass is 16.5. The van der Waals surface area contributed by atoms with Gasteiger partial charge in [0, 0.05) is 31.3 Å². The Kier molecular flexibility index (Phi) is 6.10. The first-order valence-corrected chi connectivity index (χ1v) is 10.2. The van der Waals surface area contributed by atoms with Crippen molar-refractivity contribution in [2.75, 3.05) is 25.0 Å². The molecule has 0 aliphatic carbocycles. The smallest absolute Gasteiger partial charge is 0.251 e. The molecule has 0 saturated carbocycles. The molecule has 2 aliphatic rings. The lowest BCUT2D eigenvalue weighted by Crippen LogP contribution is -2.45. The number of nitrogens with zero attached hydrogens (tertiary/aromatic N) is 1. The van der Waals surface area contributed by atoms with Gasteiger partial charge in [-0.1, -0.05) is 18.2 Å². The topological polar surface area (TPSA) is 67.9 Å². The van der Waals surface area contributed by atoms with Gasteiger partial charge in [-0.25, -0.2) is 0 Å². The summed E-state index contributed by atoms with van der Waals surface area (Å²) in [4.78, 5) is 26.9. The predicted molar refractivity (Wildman–Crippen MR) is 110 cm³/mol. The molecular weight excluding hydrogens is 368 g/mol. The molecule has 29 heavy (non-hydrogen) atoms. The van der Waals surface area contributed by atoms with Crippen molar-refractivity contribution in [1.82, 2.24) is 4.90 Å². The van der Waals surface area contributed by atoms with E-state index >= 15 is 0 Å². The molecular formula is C23H26N2O4. The van der Waals surface area contributed by atoms with Crippen molar-refractivity contribution in [1.29, 1.82) is 0 Å². The Hall–Kier alpha value is -2.86. The summed E-state index contributed by atoms with van der Waals surface area (Å²) in [6.07, 6.45) is 2.84. The van der Waals surface area contributed by atoms with E-state index in [1.54, 1.807) is 0 Å². The molecule has 4 rings (SSSR count). The minimum atomic E-state index is -0.281. The molecule has 0 radical (unpaired) electrons. The van der Waals surface area contributed by atoms with E-state index in [9.17, 15) is 9.59 Å². The van der Waals surface area contributed by atoms with Crippen LogP contribution in [0, 0.1) is 5.92 Å². The molecule has 0 spiro atoms. The van der Waals surface area contributed by atoms with E-state index < -0.39 is 0 Å². The monoisotopic (exact) mass is 394 g/mol. The summed E-state index contributed by atoms with van der Waals surface area (Å²) in [6.45, 7) is 1.89. The number of piperidine rings is 1. The van der Waals surface area contributed by atoms with Gasteiger partial charge in [-0.15, -0.1) is 0 Å². The molecule has 152 valence electrons. The first kappa shape index (κ1) is 19.5. The minimum Gasteiger partial charge on any atom is -0.457 e. The summed E-state index contributed by atoms with van der Waals surface area (Å²) >= 11 is 0. The lowest BCUT2D eigenvalue weighted by Gasteiger charge is -2.32. The SMILES string of the molecule is O=C(Nc1ccc(Oc2ccccc2)cc1)C1CCN(C(=O)C2CCCO2)CC1. The van der Waals surface area contributed by atoms with Crippen LogP contribution in [0.2, 0.25) is 0 Å². The quantitative estimate of drug-likeness (QED) is 0.837. The maximum absolute atomic E-state index is 12.6. The van der Waals surface area contributed by atoms with Crippen molar-refractivity contribution in [3.63, 3.8) is 0 Å². The second-order valence-corrected chi connectivity index (χ2v) is 7.53. The van der Waals surface area contributed by atoms with Crippen molar-refractivity contribution in [3.05, 3.63) is 54.6 Å². The second kappa shape index (κ2) is 9.09. The van der Waals surface area contributed by atoms with Crippen molar-refractivity contribution in [3.8, 4) is 11.5 Å². The summed E-state index contributed by atoms with van der Waals surface area (Å²) in [5.74, 6) is 1.49. The molecule has 2 heterocycles. The van der Waals surface area contributed by atoms with Gasteiger partial charge in [0.25, 0.3) is 5.91 Å². The highest BCUT2D eigenvalue weighted by Crippen LogP contribution is 2.25. The maximum Gasteiger partial charge on any atom is 0.251 e. The number of carbonyl (C=O) groups is 2. The molecule has 2 aromatic rings. The van der Waals surface area contributed by atoms with Crippen LogP contribution < -0.4 is 10.1 Å². The zero-order chi connectivity index (χ0) is 20.1. The summed E-state index contributed by atoms with van der Waals surface area (Å²) in [6, 6.07) is 16.9. The van der Waals surface area contributed by atoms with Gasteiger partial charge in [-0.2, -0.15) is 0 Å².